The molecule has 0 aliphatic heterocycles. The van der Waals surface area contributed by atoms with Crippen LogP contribution < -0.4 is 5.32 Å². The maximum Gasteiger partial charge on any atom is 0.222 e. The number of unbranched alkanes of at least 4 members (excludes halogenated alkanes) is 27. The first-order valence-corrected chi connectivity index (χ1v) is 22.3. The Hall–Kier alpha value is -1.43. The second kappa shape index (κ2) is 41.3. The molecule has 0 bridgehead atoms. The van der Waals surface area contributed by atoms with Gasteiger partial charge >= 0.3 is 0 Å². The van der Waals surface area contributed by atoms with Gasteiger partial charge in [0.25, 0.3) is 0 Å². The third-order valence-electron chi connectivity index (χ3n) is 10.2. The number of allylic oxidation sites excluding steroid dienone is 5. The van der Waals surface area contributed by atoms with Crippen LogP contribution in [0.4, 0.5) is 0 Å². The fourth-order valence-electron chi connectivity index (χ4n) is 6.72. The van der Waals surface area contributed by atoms with Crippen molar-refractivity contribution >= 4 is 5.91 Å². The van der Waals surface area contributed by atoms with Gasteiger partial charge in [-0.25, -0.2) is 0 Å². The molecule has 0 rings (SSSR count). The van der Waals surface area contributed by atoms with E-state index in [9.17, 15) is 20.1 Å². The zero-order chi connectivity index (χ0) is 37.3. The second-order valence-corrected chi connectivity index (χ2v) is 15.3. The van der Waals surface area contributed by atoms with Crippen molar-refractivity contribution in [1.29, 1.82) is 0 Å². The smallest absolute Gasteiger partial charge is 0.222 e. The van der Waals surface area contributed by atoms with Gasteiger partial charge in [-0.05, 0) is 44.9 Å². The highest BCUT2D eigenvalue weighted by molar-refractivity contribution is 5.76. The standard InChI is InChI=1S/C46H87NO4/c1-3-5-7-9-11-13-15-17-18-19-20-21-22-23-24-25-26-28-30-32-34-36-38-40-45(50)44(42-48)47-46(51)41-43(49)39-37-35-33-31-29-27-16-14-12-10-8-6-4-2/h24-25,30,32,38,40,43-45,48-50H,3-23,26-29,31,33-37,39,41-42H2,1-2H3,(H,47,51)/b25-24+,32-30+,40-38+. The van der Waals surface area contributed by atoms with Gasteiger partial charge in [-0.2, -0.15) is 0 Å². The Kier molecular flexibility index (Phi) is 40.2. The number of carbonyl (C=O) groups excluding carboxylic acids is 1. The van der Waals surface area contributed by atoms with Crippen LogP contribution in [-0.4, -0.2) is 46.1 Å². The summed E-state index contributed by atoms with van der Waals surface area (Å²) >= 11 is 0. The Labute approximate surface area is 317 Å². The Bertz CT molecular complexity index is 794. The monoisotopic (exact) mass is 718 g/mol. The zero-order valence-electron chi connectivity index (χ0n) is 34.0. The number of carbonyl (C=O) groups is 1. The number of aliphatic hydroxyl groups is 3. The number of hydrogen-bond acceptors (Lipinski definition) is 4. The van der Waals surface area contributed by atoms with Crippen LogP contribution in [0.15, 0.2) is 36.5 Å². The molecule has 3 atom stereocenters. The van der Waals surface area contributed by atoms with Crippen LogP contribution in [0.25, 0.3) is 0 Å². The third-order valence-corrected chi connectivity index (χ3v) is 10.2. The van der Waals surface area contributed by atoms with Gasteiger partial charge in [0.15, 0.2) is 0 Å². The summed E-state index contributed by atoms with van der Waals surface area (Å²) in [6, 6.07) is -0.765. The lowest BCUT2D eigenvalue weighted by Gasteiger charge is -2.21. The number of nitrogens with one attached hydrogen (secondary N) is 1. The molecule has 51 heavy (non-hydrogen) atoms. The fourth-order valence-corrected chi connectivity index (χ4v) is 6.72. The van der Waals surface area contributed by atoms with E-state index in [1.54, 1.807) is 6.08 Å². The van der Waals surface area contributed by atoms with Crippen LogP contribution in [0.2, 0.25) is 0 Å². The molecule has 1 amide bonds. The first kappa shape index (κ1) is 49.6. The van der Waals surface area contributed by atoms with Crippen molar-refractivity contribution in [2.45, 2.75) is 244 Å². The van der Waals surface area contributed by atoms with E-state index in [-0.39, 0.29) is 18.9 Å². The predicted octanol–water partition coefficient (Wildman–Crippen LogP) is 12.8. The summed E-state index contributed by atoms with van der Waals surface area (Å²) in [5, 5.41) is 33.2. The minimum Gasteiger partial charge on any atom is -0.394 e. The normalized spacial score (nSPS) is 13.9. The molecule has 0 saturated carbocycles. The summed E-state index contributed by atoms with van der Waals surface area (Å²) in [6.07, 6.45) is 51.5. The van der Waals surface area contributed by atoms with Crippen molar-refractivity contribution in [2.24, 2.45) is 0 Å². The maximum absolute atomic E-state index is 12.4. The van der Waals surface area contributed by atoms with Crippen molar-refractivity contribution in [3.8, 4) is 0 Å². The number of rotatable bonds is 40. The molecule has 0 aliphatic rings. The summed E-state index contributed by atoms with van der Waals surface area (Å²) in [6.45, 7) is 4.20. The highest BCUT2D eigenvalue weighted by Gasteiger charge is 2.20. The van der Waals surface area contributed by atoms with Crippen molar-refractivity contribution in [3.05, 3.63) is 36.5 Å². The molecule has 0 fully saturated rings. The first-order chi connectivity index (χ1) is 25.0. The number of hydrogen-bond donors (Lipinski definition) is 4. The Morgan fingerprint density at radius 2 is 0.843 bits per heavy atom. The van der Waals surface area contributed by atoms with Crippen molar-refractivity contribution in [2.75, 3.05) is 6.61 Å². The first-order valence-electron chi connectivity index (χ1n) is 22.3. The molecule has 0 aromatic rings. The van der Waals surface area contributed by atoms with Gasteiger partial charge in [0.05, 0.1) is 31.3 Å². The molecule has 0 heterocycles. The van der Waals surface area contributed by atoms with Crippen LogP contribution in [-0.2, 0) is 4.79 Å². The highest BCUT2D eigenvalue weighted by atomic mass is 16.3. The van der Waals surface area contributed by atoms with Crippen LogP contribution >= 0.6 is 0 Å². The molecular weight excluding hydrogens is 631 g/mol. The number of amides is 1. The van der Waals surface area contributed by atoms with Gasteiger partial charge in [-0.1, -0.05) is 211 Å². The van der Waals surface area contributed by atoms with Gasteiger partial charge in [0.1, 0.15) is 0 Å². The molecule has 300 valence electrons. The van der Waals surface area contributed by atoms with E-state index >= 15 is 0 Å². The molecule has 0 saturated heterocycles. The van der Waals surface area contributed by atoms with Gasteiger partial charge in [-0.3, -0.25) is 4.79 Å². The summed E-state index contributed by atoms with van der Waals surface area (Å²) in [7, 11) is 0. The van der Waals surface area contributed by atoms with E-state index < -0.39 is 18.2 Å². The third kappa shape index (κ3) is 38.1. The average molecular weight is 718 g/mol. The van der Waals surface area contributed by atoms with Crippen LogP contribution in [0.3, 0.4) is 0 Å². The lowest BCUT2D eigenvalue weighted by Crippen LogP contribution is -2.45. The lowest BCUT2D eigenvalue weighted by atomic mass is 10.0. The van der Waals surface area contributed by atoms with E-state index in [2.05, 4.69) is 43.5 Å². The van der Waals surface area contributed by atoms with E-state index in [0.717, 1.165) is 38.5 Å². The van der Waals surface area contributed by atoms with Gasteiger partial charge < -0.3 is 20.6 Å². The SMILES string of the molecule is CCCCCCCCCCCCCCC/C=C/CC/C=C/CC/C=C/C(O)C(CO)NC(=O)CC(O)CCCCCCCCCCCCCCC. The summed E-state index contributed by atoms with van der Waals surface area (Å²) in [5.41, 5.74) is 0. The Balaban J connectivity index is 3.72. The minimum absolute atomic E-state index is 0.00458. The molecule has 4 N–H and O–H groups in total. The van der Waals surface area contributed by atoms with E-state index in [0.29, 0.717) is 6.42 Å². The molecule has 0 radical (unpaired) electrons. The van der Waals surface area contributed by atoms with Crippen LogP contribution in [0, 0.1) is 0 Å². The van der Waals surface area contributed by atoms with Crippen LogP contribution in [0.5, 0.6) is 0 Å². The molecule has 0 spiro atoms. The Morgan fingerprint density at radius 3 is 1.25 bits per heavy atom. The second-order valence-electron chi connectivity index (χ2n) is 15.3. The Morgan fingerprint density at radius 1 is 0.490 bits per heavy atom. The molecule has 0 aliphatic carbocycles. The topological polar surface area (TPSA) is 89.8 Å². The maximum atomic E-state index is 12.4. The molecule has 0 aromatic carbocycles. The molecule has 5 nitrogen and oxygen atoms in total. The van der Waals surface area contributed by atoms with Crippen LogP contribution in [0.1, 0.15) is 226 Å². The van der Waals surface area contributed by atoms with Gasteiger partial charge in [0, 0.05) is 0 Å². The summed E-state index contributed by atoms with van der Waals surface area (Å²) in [5.74, 6) is -0.329. The summed E-state index contributed by atoms with van der Waals surface area (Å²) in [4.78, 5) is 12.4. The average Bonchev–Trinajstić information content (AvgIpc) is 3.12. The number of aliphatic hydroxyl groups excluding tert-OH is 3. The van der Waals surface area contributed by atoms with E-state index in [4.69, 9.17) is 0 Å². The molecule has 5 heteroatoms. The van der Waals surface area contributed by atoms with Gasteiger partial charge in [0.2, 0.25) is 5.91 Å². The molecule has 3 unspecified atom stereocenters. The summed E-state index contributed by atoms with van der Waals surface area (Å²) < 4.78 is 0. The molecule has 0 aromatic heterocycles. The lowest BCUT2D eigenvalue weighted by molar-refractivity contribution is -0.124. The van der Waals surface area contributed by atoms with Crippen molar-refractivity contribution < 1.29 is 20.1 Å². The quantitative estimate of drug-likeness (QED) is 0.0375. The largest absolute Gasteiger partial charge is 0.394 e. The van der Waals surface area contributed by atoms with Crippen molar-refractivity contribution in [3.63, 3.8) is 0 Å². The van der Waals surface area contributed by atoms with Crippen molar-refractivity contribution in [1.82, 2.24) is 5.32 Å². The van der Waals surface area contributed by atoms with E-state index in [1.807, 2.05) is 6.08 Å². The predicted molar refractivity (Wildman–Crippen MR) is 222 cm³/mol. The zero-order valence-corrected chi connectivity index (χ0v) is 34.0. The highest BCUT2D eigenvalue weighted by Crippen LogP contribution is 2.15. The van der Waals surface area contributed by atoms with Gasteiger partial charge in [-0.15, -0.1) is 0 Å². The molecular formula is C46H87NO4. The van der Waals surface area contributed by atoms with E-state index in [1.165, 1.54) is 161 Å². The minimum atomic E-state index is -0.957. The fraction of sp³-hybridized carbons (Fsp3) is 0.848.